The van der Waals surface area contributed by atoms with Crippen molar-refractivity contribution >= 4 is 12.1 Å². The van der Waals surface area contributed by atoms with E-state index in [1.165, 1.54) is 6.07 Å². The molecule has 3 unspecified atom stereocenters. The molecular formula is C19H21F3N2O2. The fourth-order valence-electron chi connectivity index (χ4n) is 2.70. The predicted molar refractivity (Wildman–Crippen MR) is 93.1 cm³/mol. The lowest BCUT2D eigenvalue weighted by atomic mass is 9.73. The number of oxime groups is 1. The summed E-state index contributed by atoms with van der Waals surface area (Å²) in [6.45, 7) is 3.50. The monoisotopic (exact) mass is 366 g/mol. The van der Waals surface area contributed by atoms with E-state index >= 15 is 0 Å². The van der Waals surface area contributed by atoms with Crippen molar-refractivity contribution in [3.05, 3.63) is 59.7 Å². The molecule has 0 radical (unpaired) electrons. The quantitative estimate of drug-likeness (QED) is 0.599. The standard InChI is InChI=1S/C19H21F3N2O2/c1-13(14-6-5-8-16(10-14)19(20,21)22)26-24-12-18(2)9-4-3-7-15(18)11-17(23)25/h3-10,12-13,15H,11H2,1-2H3,(H2,23,25)/b24-12+. The lowest BCUT2D eigenvalue weighted by molar-refractivity contribution is -0.137. The molecule has 4 nitrogen and oxygen atoms in total. The molecule has 0 saturated heterocycles. The van der Waals surface area contributed by atoms with Crippen molar-refractivity contribution in [1.82, 2.24) is 0 Å². The minimum absolute atomic E-state index is 0.159. The van der Waals surface area contributed by atoms with E-state index in [9.17, 15) is 18.0 Å². The number of amides is 1. The van der Waals surface area contributed by atoms with Crippen LogP contribution in [0.3, 0.4) is 0 Å². The number of hydrogen-bond donors (Lipinski definition) is 1. The maximum absolute atomic E-state index is 12.8. The predicted octanol–water partition coefficient (Wildman–Crippen LogP) is 4.39. The number of halogens is 3. The molecule has 140 valence electrons. The number of carbonyl (C=O) groups is 1. The minimum atomic E-state index is -4.41. The lowest BCUT2D eigenvalue weighted by Crippen LogP contribution is -2.31. The molecule has 1 amide bonds. The summed E-state index contributed by atoms with van der Waals surface area (Å²) in [7, 11) is 0. The van der Waals surface area contributed by atoms with Gasteiger partial charge in [-0.2, -0.15) is 13.2 Å². The lowest BCUT2D eigenvalue weighted by Gasteiger charge is -2.30. The third-order valence-corrected chi connectivity index (χ3v) is 4.36. The Balaban J connectivity index is 2.08. The number of allylic oxidation sites excluding steroid dienone is 4. The summed E-state index contributed by atoms with van der Waals surface area (Å²) in [5, 5.41) is 3.95. The highest BCUT2D eigenvalue weighted by Crippen LogP contribution is 2.34. The zero-order chi connectivity index (χ0) is 19.4. The van der Waals surface area contributed by atoms with Gasteiger partial charge in [-0.25, -0.2) is 0 Å². The van der Waals surface area contributed by atoms with Crippen molar-refractivity contribution in [2.24, 2.45) is 22.2 Å². The average Bonchev–Trinajstić information content (AvgIpc) is 2.56. The van der Waals surface area contributed by atoms with Crippen LogP contribution in [0.25, 0.3) is 0 Å². The van der Waals surface area contributed by atoms with Crippen LogP contribution in [0.5, 0.6) is 0 Å². The molecule has 1 aliphatic carbocycles. The maximum atomic E-state index is 12.8. The van der Waals surface area contributed by atoms with E-state index in [2.05, 4.69) is 5.16 Å². The molecule has 0 fully saturated rings. The van der Waals surface area contributed by atoms with E-state index in [-0.39, 0.29) is 12.3 Å². The van der Waals surface area contributed by atoms with E-state index in [0.717, 1.165) is 12.1 Å². The van der Waals surface area contributed by atoms with Crippen LogP contribution in [0.1, 0.15) is 37.5 Å². The third-order valence-electron chi connectivity index (χ3n) is 4.36. The smallest absolute Gasteiger partial charge is 0.388 e. The summed E-state index contributed by atoms with van der Waals surface area (Å²) in [6, 6.07) is 4.94. The Hall–Kier alpha value is -2.57. The van der Waals surface area contributed by atoms with Gasteiger partial charge < -0.3 is 10.6 Å². The summed E-state index contributed by atoms with van der Waals surface area (Å²) >= 11 is 0. The SMILES string of the molecule is CC(O/N=C/C1(C)C=CC=CC1CC(N)=O)c1cccc(C(F)(F)F)c1. The molecule has 3 atom stereocenters. The molecule has 0 saturated carbocycles. The van der Waals surface area contributed by atoms with Gasteiger partial charge in [0.2, 0.25) is 5.91 Å². The second-order valence-electron chi connectivity index (χ2n) is 6.49. The molecule has 1 aliphatic rings. The number of carbonyl (C=O) groups excluding carboxylic acids is 1. The largest absolute Gasteiger partial charge is 0.416 e. The highest BCUT2D eigenvalue weighted by molar-refractivity contribution is 5.77. The van der Waals surface area contributed by atoms with Crippen molar-refractivity contribution in [2.45, 2.75) is 32.5 Å². The fourth-order valence-corrected chi connectivity index (χ4v) is 2.70. The van der Waals surface area contributed by atoms with Crippen molar-refractivity contribution in [3.63, 3.8) is 0 Å². The molecule has 0 aliphatic heterocycles. The topological polar surface area (TPSA) is 64.7 Å². The van der Waals surface area contributed by atoms with Crippen molar-refractivity contribution in [1.29, 1.82) is 0 Å². The Kier molecular flexibility index (Phi) is 5.90. The van der Waals surface area contributed by atoms with Crippen LogP contribution in [0.4, 0.5) is 13.2 Å². The van der Waals surface area contributed by atoms with E-state index in [1.807, 2.05) is 31.2 Å². The van der Waals surface area contributed by atoms with Crippen LogP contribution < -0.4 is 5.73 Å². The molecule has 1 aromatic rings. The van der Waals surface area contributed by atoms with Crippen molar-refractivity contribution in [3.8, 4) is 0 Å². The molecule has 0 aromatic heterocycles. The van der Waals surface area contributed by atoms with Crippen molar-refractivity contribution < 1.29 is 22.8 Å². The van der Waals surface area contributed by atoms with Crippen LogP contribution in [-0.2, 0) is 15.8 Å². The number of nitrogens with zero attached hydrogens (tertiary/aromatic N) is 1. The number of benzene rings is 1. The number of alkyl halides is 3. The van der Waals surface area contributed by atoms with Crippen molar-refractivity contribution in [2.75, 3.05) is 0 Å². The van der Waals surface area contributed by atoms with Gasteiger partial charge in [-0.1, -0.05) is 48.5 Å². The Bertz CT molecular complexity index is 741. The highest BCUT2D eigenvalue weighted by Gasteiger charge is 2.32. The number of primary amides is 1. The third kappa shape index (κ3) is 4.97. The van der Waals surface area contributed by atoms with E-state index in [0.29, 0.717) is 5.56 Å². The molecule has 0 bridgehead atoms. The first-order valence-corrected chi connectivity index (χ1v) is 8.13. The Morgan fingerprint density at radius 2 is 2.15 bits per heavy atom. The summed E-state index contributed by atoms with van der Waals surface area (Å²) in [5.74, 6) is -0.589. The minimum Gasteiger partial charge on any atom is -0.388 e. The molecule has 7 heteroatoms. The normalized spacial score (nSPS) is 24.0. The van der Waals surface area contributed by atoms with Gasteiger partial charge >= 0.3 is 6.18 Å². The van der Waals surface area contributed by atoms with Crippen LogP contribution in [0.2, 0.25) is 0 Å². The van der Waals surface area contributed by atoms with Crippen LogP contribution in [-0.4, -0.2) is 12.1 Å². The molecule has 0 heterocycles. The first-order chi connectivity index (χ1) is 12.1. The summed E-state index contributed by atoms with van der Waals surface area (Å²) in [6.07, 6.45) is 4.05. The second kappa shape index (κ2) is 7.76. The Morgan fingerprint density at radius 1 is 1.42 bits per heavy atom. The summed E-state index contributed by atoms with van der Waals surface area (Å²) < 4.78 is 38.4. The first-order valence-electron chi connectivity index (χ1n) is 8.13. The summed E-state index contributed by atoms with van der Waals surface area (Å²) in [5.41, 5.74) is 4.35. The van der Waals surface area contributed by atoms with E-state index in [1.54, 1.807) is 19.2 Å². The van der Waals surface area contributed by atoms with Gasteiger partial charge in [0.15, 0.2) is 0 Å². The van der Waals surface area contributed by atoms with E-state index < -0.39 is 29.2 Å². The Labute approximate surface area is 150 Å². The van der Waals surface area contributed by atoms with E-state index in [4.69, 9.17) is 10.6 Å². The zero-order valence-corrected chi connectivity index (χ0v) is 14.5. The average molecular weight is 366 g/mol. The molecule has 1 aromatic carbocycles. The summed E-state index contributed by atoms with van der Waals surface area (Å²) in [4.78, 5) is 16.6. The maximum Gasteiger partial charge on any atom is 0.416 e. The molecular weight excluding hydrogens is 345 g/mol. The first kappa shape index (κ1) is 19.8. The van der Waals surface area contributed by atoms with Gasteiger partial charge in [0, 0.05) is 11.8 Å². The number of nitrogens with two attached hydrogens (primary N) is 1. The molecule has 2 rings (SSSR count). The second-order valence-corrected chi connectivity index (χ2v) is 6.49. The Morgan fingerprint density at radius 3 is 2.81 bits per heavy atom. The van der Waals surface area contributed by atoms with Gasteiger partial charge in [-0.3, -0.25) is 4.79 Å². The highest BCUT2D eigenvalue weighted by atomic mass is 19.4. The molecule has 26 heavy (non-hydrogen) atoms. The van der Waals surface area contributed by atoms with Gasteiger partial charge in [0.05, 0.1) is 11.8 Å². The van der Waals surface area contributed by atoms with Gasteiger partial charge in [0.25, 0.3) is 0 Å². The molecule has 0 spiro atoms. The zero-order valence-electron chi connectivity index (χ0n) is 14.5. The van der Waals surface area contributed by atoms with Gasteiger partial charge in [-0.15, -0.1) is 0 Å². The van der Waals surface area contributed by atoms with Crippen LogP contribution in [0.15, 0.2) is 53.7 Å². The van der Waals surface area contributed by atoms with Crippen LogP contribution >= 0.6 is 0 Å². The number of rotatable bonds is 6. The van der Waals surface area contributed by atoms with Crippen LogP contribution in [0, 0.1) is 11.3 Å². The number of hydrogen-bond acceptors (Lipinski definition) is 3. The van der Waals surface area contributed by atoms with Gasteiger partial charge in [-0.05, 0) is 30.5 Å². The molecule has 2 N–H and O–H groups in total. The van der Waals surface area contributed by atoms with Gasteiger partial charge in [0.1, 0.15) is 6.10 Å². The fraction of sp³-hybridized carbons (Fsp3) is 0.368.